The van der Waals surface area contributed by atoms with Crippen LogP contribution >= 0.6 is 11.6 Å². The molecule has 0 spiro atoms. The summed E-state index contributed by atoms with van der Waals surface area (Å²) in [7, 11) is 0. The van der Waals surface area contributed by atoms with Crippen molar-refractivity contribution in [3.05, 3.63) is 89.2 Å². The van der Waals surface area contributed by atoms with Crippen molar-refractivity contribution in [2.75, 3.05) is 6.61 Å². The summed E-state index contributed by atoms with van der Waals surface area (Å²) in [6.45, 7) is 8.40. The molecule has 0 saturated heterocycles. The molecule has 0 aliphatic heterocycles. The van der Waals surface area contributed by atoms with E-state index in [9.17, 15) is 0 Å². The third-order valence-electron chi connectivity index (χ3n) is 5.44. The van der Waals surface area contributed by atoms with Crippen molar-refractivity contribution < 1.29 is 9.47 Å². The fraction of sp³-hybridized carbons (Fsp3) is 0.296. The number of para-hydroxylation sites is 3. The molecular weight excluding hydrogens is 420 g/mol. The molecule has 4 rings (SSSR count). The van der Waals surface area contributed by atoms with Crippen molar-refractivity contribution >= 4 is 22.6 Å². The fourth-order valence-corrected chi connectivity index (χ4v) is 3.84. The van der Waals surface area contributed by atoms with Crippen LogP contribution in [0.25, 0.3) is 11.0 Å². The largest absolute Gasteiger partial charge is 0.492 e. The minimum absolute atomic E-state index is 0.124. The van der Waals surface area contributed by atoms with Crippen molar-refractivity contribution in [3.63, 3.8) is 0 Å². The molecule has 0 amide bonds. The molecule has 0 aliphatic carbocycles. The molecule has 4 aromatic rings. The number of aryl methyl sites for hydroxylation is 1. The van der Waals surface area contributed by atoms with E-state index < -0.39 is 0 Å². The van der Waals surface area contributed by atoms with Gasteiger partial charge >= 0.3 is 0 Å². The van der Waals surface area contributed by atoms with Gasteiger partial charge in [-0.05, 0) is 53.8 Å². The van der Waals surface area contributed by atoms with Crippen LogP contribution in [0.2, 0.25) is 5.02 Å². The Hall–Kier alpha value is -2.98. The highest BCUT2D eigenvalue weighted by Gasteiger charge is 2.14. The van der Waals surface area contributed by atoms with Gasteiger partial charge in [0.05, 0.1) is 22.7 Å². The van der Waals surface area contributed by atoms with Crippen LogP contribution in [0.1, 0.15) is 38.6 Å². The van der Waals surface area contributed by atoms with E-state index in [1.54, 1.807) is 0 Å². The number of imidazole rings is 1. The standard InChI is InChI=1S/C27H29ClN2O2/c1-27(2,3)20-13-15-21(16-14-20)32-19-26-29-23-10-5-6-11-24(23)30(26)17-8-18-31-25-12-7-4-9-22(25)28/h4-7,9-16H,8,17-19H2,1-3H3. The molecule has 0 atom stereocenters. The Balaban J connectivity index is 1.43. The van der Waals surface area contributed by atoms with Gasteiger partial charge in [-0.3, -0.25) is 0 Å². The maximum absolute atomic E-state index is 6.18. The first-order chi connectivity index (χ1) is 15.4. The maximum Gasteiger partial charge on any atom is 0.147 e. The van der Waals surface area contributed by atoms with Gasteiger partial charge in [-0.2, -0.15) is 0 Å². The molecule has 0 saturated carbocycles. The van der Waals surface area contributed by atoms with Gasteiger partial charge in [-0.1, -0.05) is 68.8 Å². The summed E-state index contributed by atoms with van der Waals surface area (Å²) in [4.78, 5) is 4.81. The molecule has 1 aromatic heterocycles. The highest BCUT2D eigenvalue weighted by molar-refractivity contribution is 6.32. The predicted molar refractivity (Wildman–Crippen MR) is 131 cm³/mol. The monoisotopic (exact) mass is 448 g/mol. The molecule has 0 aliphatic rings. The minimum Gasteiger partial charge on any atom is -0.492 e. The molecule has 1 heterocycles. The van der Waals surface area contributed by atoms with Crippen molar-refractivity contribution in [1.29, 1.82) is 0 Å². The molecular formula is C27H29ClN2O2. The molecule has 5 heteroatoms. The summed E-state index contributed by atoms with van der Waals surface area (Å²) < 4.78 is 14.2. The van der Waals surface area contributed by atoms with Crippen LogP contribution in [0, 0.1) is 0 Å². The Kier molecular flexibility index (Phi) is 6.71. The number of fused-ring (bicyclic) bond motifs is 1. The van der Waals surface area contributed by atoms with Crippen molar-refractivity contribution in [2.45, 2.75) is 45.8 Å². The van der Waals surface area contributed by atoms with E-state index in [-0.39, 0.29) is 5.41 Å². The Morgan fingerprint density at radius 3 is 2.34 bits per heavy atom. The van der Waals surface area contributed by atoms with Crippen molar-refractivity contribution in [2.24, 2.45) is 0 Å². The molecule has 3 aromatic carbocycles. The maximum atomic E-state index is 6.18. The van der Waals surface area contributed by atoms with Gasteiger partial charge < -0.3 is 14.0 Å². The zero-order valence-corrected chi connectivity index (χ0v) is 19.6. The Morgan fingerprint density at radius 2 is 1.59 bits per heavy atom. The van der Waals surface area contributed by atoms with Crippen LogP contribution in [0.3, 0.4) is 0 Å². The number of halogens is 1. The Bertz CT molecular complexity index is 1180. The zero-order chi connectivity index (χ0) is 22.6. The summed E-state index contributed by atoms with van der Waals surface area (Å²) in [5.74, 6) is 2.47. The van der Waals surface area contributed by atoms with Crippen LogP contribution in [0.15, 0.2) is 72.8 Å². The normalized spacial score (nSPS) is 11.6. The average Bonchev–Trinajstić information content (AvgIpc) is 3.13. The summed E-state index contributed by atoms with van der Waals surface area (Å²) in [6.07, 6.45) is 0.832. The molecule has 32 heavy (non-hydrogen) atoms. The van der Waals surface area contributed by atoms with Gasteiger partial charge in [-0.25, -0.2) is 4.98 Å². The Morgan fingerprint density at radius 1 is 0.875 bits per heavy atom. The van der Waals surface area contributed by atoms with Gasteiger partial charge in [0.25, 0.3) is 0 Å². The molecule has 4 nitrogen and oxygen atoms in total. The lowest BCUT2D eigenvalue weighted by Crippen LogP contribution is -2.11. The fourth-order valence-electron chi connectivity index (χ4n) is 3.65. The van der Waals surface area contributed by atoms with Crippen LogP contribution in [-0.4, -0.2) is 16.2 Å². The molecule has 0 fully saturated rings. The average molecular weight is 449 g/mol. The van der Waals surface area contributed by atoms with Crippen LogP contribution in [0.4, 0.5) is 0 Å². The summed E-state index contributed by atoms with van der Waals surface area (Å²) in [5, 5.41) is 0.632. The van der Waals surface area contributed by atoms with Gasteiger partial charge in [0, 0.05) is 6.54 Å². The SMILES string of the molecule is CC(C)(C)c1ccc(OCc2nc3ccccc3n2CCCOc2ccccc2Cl)cc1. The minimum atomic E-state index is 0.124. The molecule has 0 N–H and O–H groups in total. The van der Waals surface area contributed by atoms with Crippen molar-refractivity contribution in [3.8, 4) is 11.5 Å². The number of benzene rings is 3. The van der Waals surface area contributed by atoms with E-state index in [4.69, 9.17) is 26.1 Å². The Labute approximate surface area is 194 Å². The third kappa shape index (κ3) is 5.25. The number of nitrogens with zero attached hydrogens (tertiary/aromatic N) is 2. The first kappa shape index (κ1) is 22.2. The smallest absolute Gasteiger partial charge is 0.147 e. The summed E-state index contributed by atoms with van der Waals surface area (Å²) in [6, 6.07) is 24.1. The lowest BCUT2D eigenvalue weighted by molar-refractivity contribution is 0.280. The van der Waals surface area contributed by atoms with Crippen LogP contribution in [0.5, 0.6) is 11.5 Å². The van der Waals surface area contributed by atoms with E-state index in [1.807, 2.05) is 54.6 Å². The second-order valence-corrected chi connectivity index (χ2v) is 9.27. The van der Waals surface area contributed by atoms with Gasteiger partial charge in [0.15, 0.2) is 0 Å². The first-order valence-corrected chi connectivity index (χ1v) is 11.3. The molecule has 0 radical (unpaired) electrons. The first-order valence-electron chi connectivity index (χ1n) is 11.0. The summed E-state index contributed by atoms with van der Waals surface area (Å²) >= 11 is 6.18. The van der Waals surface area contributed by atoms with E-state index in [2.05, 4.69) is 43.5 Å². The lowest BCUT2D eigenvalue weighted by atomic mass is 9.87. The highest BCUT2D eigenvalue weighted by Crippen LogP contribution is 2.26. The lowest BCUT2D eigenvalue weighted by Gasteiger charge is -2.19. The highest BCUT2D eigenvalue weighted by atomic mass is 35.5. The third-order valence-corrected chi connectivity index (χ3v) is 5.75. The zero-order valence-electron chi connectivity index (χ0n) is 18.8. The number of rotatable bonds is 8. The van der Waals surface area contributed by atoms with Crippen LogP contribution < -0.4 is 9.47 Å². The van der Waals surface area contributed by atoms with E-state index >= 15 is 0 Å². The predicted octanol–water partition coefficient (Wildman–Crippen LogP) is 7.04. The van der Waals surface area contributed by atoms with E-state index in [0.717, 1.165) is 35.6 Å². The number of aromatic nitrogens is 2. The van der Waals surface area contributed by atoms with E-state index in [1.165, 1.54) is 5.56 Å². The second-order valence-electron chi connectivity index (χ2n) is 8.86. The number of hydrogen-bond acceptors (Lipinski definition) is 3. The quantitative estimate of drug-likeness (QED) is 0.271. The molecule has 166 valence electrons. The van der Waals surface area contributed by atoms with E-state index in [0.29, 0.717) is 24.0 Å². The molecule has 0 unspecified atom stereocenters. The van der Waals surface area contributed by atoms with Crippen LogP contribution in [-0.2, 0) is 18.6 Å². The van der Waals surface area contributed by atoms with Gasteiger partial charge in [-0.15, -0.1) is 0 Å². The summed E-state index contributed by atoms with van der Waals surface area (Å²) in [5.41, 5.74) is 3.49. The number of hydrogen-bond donors (Lipinski definition) is 0. The number of ether oxygens (including phenoxy) is 2. The molecule has 0 bridgehead atoms. The second kappa shape index (κ2) is 9.66. The van der Waals surface area contributed by atoms with Gasteiger partial charge in [0.2, 0.25) is 0 Å². The van der Waals surface area contributed by atoms with Crippen molar-refractivity contribution in [1.82, 2.24) is 9.55 Å². The topological polar surface area (TPSA) is 36.3 Å². The van der Waals surface area contributed by atoms with Gasteiger partial charge in [0.1, 0.15) is 23.9 Å².